The summed E-state index contributed by atoms with van der Waals surface area (Å²) in [5.74, 6) is -0.0556. The highest BCUT2D eigenvalue weighted by Crippen LogP contribution is 2.23. The topological polar surface area (TPSA) is 118 Å². The molecule has 1 aliphatic heterocycles. The summed E-state index contributed by atoms with van der Waals surface area (Å²) in [5.41, 5.74) is 8.18. The van der Waals surface area contributed by atoms with Gasteiger partial charge in [-0.2, -0.15) is 0 Å². The minimum absolute atomic E-state index is 0.154. The zero-order chi connectivity index (χ0) is 20.5. The Morgan fingerprint density at radius 2 is 2.00 bits per heavy atom. The second kappa shape index (κ2) is 7.44. The van der Waals surface area contributed by atoms with Crippen LogP contribution in [0.1, 0.15) is 16.8 Å². The lowest BCUT2D eigenvalue weighted by Crippen LogP contribution is -2.35. The Labute approximate surface area is 165 Å². The van der Waals surface area contributed by atoms with Crippen molar-refractivity contribution in [3.8, 4) is 11.4 Å². The van der Waals surface area contributed by atoms with Crippen molar-refractivity contribution in [2.24, 2.45) is 0 Å². The zero-order valence-corrected chi connectivity index (χ0v) is 15.4. The van der Waals surface area contributed by atoms with Gasteiger partial charge in [-0.15, -0.1) is 0 Å². The highest BCUT2D eigenvalue weighted by atomic mass is 19.1. The van der Waals surface area contributed by atoms with Gasteiger partial charge in [0, 0.05) is 54.1 Å². The molecule has 8 nitrogen and oxygen atoms in total. The molecule has 0 radical (unpaired) electrons. The number of nitrogens with zero attached hydrogens (tertiary/aromatic N) is 3. The highest BCUT2D eigenvalue weighted by molar-refractivity contribution is 5.58. The minimum Gasteiger partial charge on any atom is -0.399 e. The lowest BCUT2D eigenvalue weighted by Gasteiger charge is -2.27. The largest absolute Gasteiger partial charge is 0.399 e. The number of aromatic nitrogens is 2. The third-order valence-electron chi connectivity index (χ3n) is 4.97. The molecule has 4 rings (SSSR count). The lowest BCUT2D eigenvalue weighted by molar-refractivity contribution is -0.385. The Hall–Kier alpha value is -3.59. The van der Waals surface area contributed by atoms with Crippen molar-refractivity contribution >= 4 is 11.4 Å². The van der Waals surface area contributed by atoms with Crippen molar-refractivity contribution < 1.29 is 9.31 Å². The molecule has 0 atom stereocenters. The predicted molar refractivity (Wildman–Crippen MR) is 106 cm³/mol. The van der Waals surface area contributed by atoms with Crippen LogP contribution < -0.4 is 11.3 Å². The number of nitro groups is 1. The number of H-pyrrole nitrogens is 1. The molecule has 0 spiro atoms. The van der Waals surface area contributed by atoms with Crippen LogP contribution in [0.2, 0.25) is 0 Å². The standard InChI is InChI=1S/C20H18FN5O3/c21-17-6-5-15(26(28)29)9-13(17)10-25-8-7-16-18(11-25)23-19(24-20(16)27)12-1-3-14(22)4-2-12/h1-6,9H,7-8,10-11,22H2,(H,23,24,27). The minimum atomic E-state index is -0.547. The molecule has 148 valence electrons. The van der Waals surface area contributed by atoms with E-state index in [4.69, 9.17) is 5.73 Å². The molecule has 0 fully saturated rings. The highest BCUT2D eigenvalue weighted by Gasteiger charge is 2.23. The molecule has 0 unspecified atom stereocenters. The first kappa shape index (κ1) is 18.8. The van der Waals surface area contributed by atoms with Crippen molar-refractivity contribution in [3.05, 3.63) is 85.6 Å². The number of nitrogens with two attached hydrogens (primary N) is 1. The number of nitrogens with one attached hydrogen (secondary N) is 1. The number of anilines is 1. The average molecular weight is 395 g/mol. The molecular formula is C20H18FN5O3. The Kier molecular flexibility index (Phi) is 4.81. The molecule has 0 aliphatic carbocycles. The summed E-state index contributed by atoms with van der Waals surface area (Å²) in [5, 5.41) is 11.0. The number of hydrogen-bond donors (Lipinski definition) is 2. The molecule has 3 N–H and O–H groups in total. The second-order valence-electron chi connectivity index (χ2n) is 6.96. The number of nitrogen functional groups attached to an aromatic ring is 1. The van der Waals surface area contributed by atoms with Crippen molar-refractivity contribution in [2.75, 3.05) is 12.3 Å². The number of nitro benzene ring substituents is 1. The fraction of sp³-hybridized carbons (Fsp3) is 0.200. The maximum absolute atomic E-state index is 14.1. The molecule has 0 amide bonds. The molecular weight excluding hydrogens is 377 g/mol. The molecule has 0 saturated heterocycles. The van der Waals surface area contributed by atoms with Crippen molar-refractivity contribution in [2.45, 2.75) is 19.5 Å². The first-order valence-electron chi connectivity index (χ1n) is 9.04. The Morgan fingerprint density at radius 3 is 2.72 bits per heavy atom. The van der Waals surface area contributed by atoms with Gasteiger partial charge >= 0.3 is 0 Å². The van der Waals surface area contributed by atoms with Gasteiger partial charge in [0.1, 0.15) is 11.6 Å². The fourth-order valence-electron chi connectivity index (χ4n) is 3.44. The van der Waals surface area contributed by atoms with Crippen LogP contribution in [0.4, 0.5) is 15.8 Å². The normalized spacial score (nSPS) is 13.8. The zero-order valence-electron chi connectivity index (χ0n) is 15.4. The van der Waals surface area contributed by atoms with Gasteiger partial charge in [-0.05, 0) is 36.8 Å². The van der Waals surface area contributed by atoms with Gasteiger partial charge in [0.2, 0.25) is 0 Å². The third-order valence-corrected chi connectivity index (χ3v) is 4.97. The maximum Gasteiger partial charge on any atom is 0.269 e. The summed E-state index contributed by atoms with van der Waals surface area (Å²) >= 11 is 0. The lowest BCUT2D eigenvalue weighted by atomic mass is 10.0. The van der Waals surface area contributed by atoms with Gasteiger partial charge in [-0.3, -0.25) is 19.8 Å². The van der Waals surface area contributed by atoms with Gasteiger partial charge in [0.15, 0.2) is 0 Å². The number of hydrogen-bond acceptors (Lipinski definition) is 6. The van der Waals surface area contributed by atoms with E-state index in [1.54, 1.807) is 24.3 Å². The number of aromatic amines is 1. The van der Waals surface area contributed by atoms with Gasteiger partial charge in [-0.1, -0.05) is 0 Å². The summed E-state index contributed by atoms with van der Waals surface area (Å²) in [4.78, 5) is 32.2. The van der Waals surface area contributed by atoms with Crippen LogP contribution in [-0.4, -0.2) is 26.3 Å². The van der Waals surface area contributed by atoms with E-state index in [-0.39, 0.29) is 23.4 Å². The predicted octanol–water partition coefficient (Wildman–Crippen LogP) is 2.62. The molecule has 2 aromatic carbocycles. The number of benzene rings is 2. The van der Waals surface area contributed by atoms with Crippen LogP contribution in [0.5, 0.6) is 0 Å². The van der Waals surface area contributed by atoms with E-state index in [2.05, 4.69) is 9.97 Å². The first-order valence-corrected chi connectivity index (χ1v) is 9.04. The molecule has 1 aliphatic rings. The molecule has 29 heavy (non-hydrogen) atoms. The number of rotatable bonds is 4. The molecule has 3 aromatic rings. The summed E-state index contributed by atoms with van der Waals surface area (Å²) in [6.07, 6.45) is 0.468. The van der Waals surface area contributed by atoms with E-state index in [1.165, 1.54) is 6.07 Å². The van der Waals surface area contributed by atoms with Crippen LogP contribution in [0.3, 0.4) is 0 Å². The number of fused-ring (bicyclic) bond motifs is 1. The maximum atomic E-state index is 14.1. The molecule has 2 heterocycles. The fourth-order valence-corrected chi connectivity index (χ4v) is 3.44. The monoisotopic (exact) mass is 395 g/mol. The van der Waals surface area contributed by atoms with Crippen LogP contribution in [-0.2, 0) is 19.5 Å². The number of non-ortho nitro benzene ring substituents is 1. The Morgan fingerprint density at radius 1 is 1.24 bits per heavy atom. The quantitative estimate of drug-likeness (QED) is 0.398. The van der Waals surface area contributed by atoms with E-state index in [0.29, 0.717) is 42.3 Å². The van der Waals surface area contributed by atoms with Crippen molar-refractivity contribution in [1.82, 2.24) is 14.9 Å². The molecule has 0 bridgehead atoms. The van der Waals surface area contributed by atoms with Crippen LogP contribution in [0.25, 0.3) is 11.4 Å². The Bertz CT molecular complexity index is 1140. The number of halogens is 1. The molecule has 0 saturated carbocycles. The van der Waals surface area contributed by atoms with E-state index < -0.39 is 10.7 Å². The van der Waals surface area contributed by atoms with Gasteiger partial charge < -0.3 is 10.7 Å². The second-order valence-corrected chi connectivity index (χ2v) is 6.96. The van der Waals surface area contributed by atoms with Gasteiger partial charge in [0.25, 0.3) is 11.2 Å². The SMILES string of the molecule is Nc1ccc(-c2nc3c(c(=O)[nH]2)CCN(Cc2cc([N+](=O)[O-])ccc2F)C3)cc1. The van der Waals surface area contributed by atoms with Gasteiger partial charge in [0.05, 0.1) is 10.6 Å². The third kappa shape index (κ3) is 3.85. The first-order chi connectivity index (χ1) is 13.9. The summed E-state index contributed by atoms with van der Waals surface area (Å²) in [7, 11) is 0. The van der Waals surface area contributed by atoms with Crippen LogP contribution in [0, 0.1) is 15.9 Å². The summed E-state index contributed by atoms with van der Waals surface area (Å²) in [6, 6.07) is 10.5. The van der Waals surface area contributed by atoms with E-state index in [9.17, 15) is 19.3 Å². The summed E-state index contributed by atoms with van der Waals surface area (Å²) in [6.45, 7) is 1.07. The van der Waals surface area contributed by atoms with Crippen molar-refractivity contribution in [1.29, 1.82) is 0 Å². The molecule has 1 aromatic heterocycles. The smallest absolute Gasteiger partial charge is 0.269 e. The summed E-state index contributed by atoms with van der Waals surface area (Å²) < 4.78 is 14.1. The van der Waals surface area contributed by atoms with E-state index in [0.717, 1.165) is 17.7 Å². The van der Waals surface area contributed by atoms with Crippen molar-refractivity contribution in [3.63, 3.8) is 0 Å². The van der Waals surface area contributed by atoms with Crippen LogP contribution >= 0.6 is 0 Å². The molecule has 9 heteroatoms. The van der Waals surface area contributed by atoms with E-state index in [1.807, 2.05) is 4.90 Å². The average Bonchev–Trinajstić information content (AvgIpc) is 2.69. The van der Waals surface area contributed by atoms with Crippen LogP contribution in [0.15, 0.2) is 47.3 Å². The van der Waals surface area contributed by atoms with E-state index >= 15 is 0 Å². The Balaban J connectivity index is 1.61. The van der Waals surface area contributed by atoms with Gasteiger partial charge in [-0.25, -0.2) is 9.37 Å².